The van der Waals surface area contributed by atoms with Crippen LogP contribution in [0.5, 0.6) is 0 Å². The number of nitrogens with zero attached hydrogens (tertiary/aromatic N) is 1. The Labute approximate surface area is 169 Å². The molecule has 2 N–H and O–H groups in total. The average molecular weight is 376 g/mol. The van der Waals surface area contributed by atoms with Crippen LogP contribution >= 0.6 is 0 Å². The first-order valence-electron chi connectivity index (χ1n) is 10.9. The third kappa shape index (κ3) is 4.41. The minimum Gasteiger partial charge on any atom is -0.368 e. The molecule has 1 aliphatic carbocycles. The SMILES string of the molecule is C/C=C\C=C/C1=CCN(C2=CCc3[nH]cc(C4CCCNCC4)c3C=C2)CC1. The van der Waals surface area contributed by atoms with Gasteiger partial charge in [0.05, 0.1) is 0 Å². The Bertz CT molecular complexity index is 811. The van der Waals surface area contributed by atoms with Gasteiger partial charge in [-0.15, -0.1) is 0 Å². The van der Waals surface area contributed by atoms with Crippen LogP contribution in [0.15, 0.2) is 60.0 Å². The average Bonchev–Trinajstić information content (AvgIpc) is 2.91. The van der Waals surface area contributed by atoms with Gasteiger partial charge in [-0.2, -0.15) is 0 Å². The van der Waals surface area contributed by atoms with Gasteiger partial charge in [0.15, 0.2) is 0 Å². The number of aromatic nitrogens is 1. The van der Waals surface area contributed by atoms with Gasteiger partial charge in [0, 0.05) is 37.1 Å². The number of aromatic amines is 1. The normalized spacial score (nSPS) is 23.5. The maximum Gasteiger partial charge on any atom is 0.0365 e. The van der Waals surface area contributed by atoms with E-state index >= 15 is 0 Å². The first-order valence-corrected chi connectivity index (χ1v) is 10.9. The van der Waals surface area contributed by atoms with Crippen LogP contribution in [-0.2, 0) is 6.42 Å². The highest BCUT2D eigenvalue weighted by Crippen LogP contribution is 2.33. The summed E-state index contributed by atoms with van der Waals surface area (Å²) in [6.07, 6.45) is 26.2. The fourth-order valence-corrected chi connectivity index (χ4v) is 4.57. The van der Waals surface area contributed by atoms with E-state index in [0.717, 1.165) is 32.5 Å². The van der Waals surface area contributed by atoms with E-state index in [4.69, 9.17) is 0 Å². The van der Waals surface area contributed by atoms with Crippen molar-refractivity contribution in [3.05, 3.63) is 76.8 Å². The molecule has 1 saturated heterocycles. The minimum absolute atomic E-state index is 0.686. The maximum absolute atomic E-state index is 3.58. The van der Waals surface area contributed by atoms with Crippen LogP contribution in [0, 0.1) is 0 Å². The molecule has 1 aromatic heterocycles. The summed E-state index contributed by atoms with van der Waals surface area (Å²) in [6.45, 7) is 6.46. The molecule has 1 fully saturated rings. The summed E-state index contributed by atoms with van der Waals surface area (Å²) in [4.78, 5) is 6.09. The Kier molecular flexibility index (Phi) is 6.33. The Morgan fingerprint density at radius 2 is 2.07 bits per heavy atom. The van der Waals surface area contributed by atoms with Gasteiger partial charge in [0.2, 0.25) is 0 Å². The van der Waals surface area contributed by atoms with Crippen molar-refractivity contribution < 1.29 is 0 Å². The van der Waals surface area contributed by atoms with E-state index in [9.17, 15) is 0 Å². The Balaban J connectivity index is 1.45. The number of rotatable bonds is 4. The van der Waals surface area contributed by atoms with Crippen molar-refractivity contribution in [1.82, 2.24) is 15.2 Å². The van der Waals surface area contributed by atoms with Gasteiger partial charge in [0.1, 0.15) is 0 Å². The van der Waals surface area contributed by atoms with Crippen molar-refractivity contribution in [2.75, 3.05) is 26.2 Å². The summed E-state index contributed by atoms with van der Waals surface area (Å²) < 4.78 is 0. The second-order valence-corrected chi connectivity index (χ2v) is 8.04. The molecule has 0 radical (unpaired) electrons. The molecule has 1 atom stereocenters. The highest BCUT2D eigenvalue weighted by molar-refractivity contribution is 5.62. The molecule has 0 bridgehead atoms. The lowest BCUT2D eigenvalue weighted by atomic mass is 9.90. The van der Waals surface area contributed by atoms with Crippen molar-refractivity contribution in [2.45, 2.75) is 44.9 Å². The molecule has 1 aromatic rings. The van der Waals surface area contributed by atoms with Crippen LogP contribution in [0.4, 0.5) is 0 Å². The monoisotopic (exact) mass is 375 g/mol. The zero-order chi connectivity index (χ0) is 19.2. The van der Waals surface area contributed by atoms with Crippen LogP contribution in [0.2, 0.25) is 0 Å². The molecule has 3 heterocycles. The third-order valence-electron chi connectivity index (χ3n) is 6.21. The Hall–Kier alpha value is -2.26. The van der Waals surface area contributed by atoms with E-state index in [1.165, 1.54) is 53.9 Å². The second kappa shape index (κ2) is 9.29. The topological polar surface area (TPSA) is 31.1 Å². The zero-order valence-corrected chi connectivity index (χ0v) is 17.1. The number of H-pyrrole nitrogens is 1. The quantitative estimate of drug-likeness (QED) is 0.718. The molecular formula is C25H33N3. The van der Waals surface area contributed by atoms with Crippen LogP contribution < -0.4 is 5.32 Å². The fraction of sp³-hybridized carbons (Fsp3) is 0.440. The molecule has 28 heavy (non-hydrogen) atoms. The highest BCUT2D eigenvalue weighted by atomic mass is 15.1. The lowest BCUT2D eigenvalue weighted by Gasteiger charge is -2.28. The van der Waals surface area contributed by atoms with Crippen molar-refractivity contribution in [1.29, 1.82) is 0 Å². The molecule has 2 aliphatic heterocycles. The molecule has 3 heteroatoms. The smallest absolute Gasteiger partial charge is 0.0365 e. The van der Waals surface area contributed by atoms with Crippen molar-refractivity contribution >= 4 is 6.08 Å². The molecule has 3 nitrogen and oxygen atoms in total. The zero-order valence-electron chi connectivity index (χ0n) is 17.1. The van der Waals surface area contributed by atoms with E-state index in [-0.39, 0.29) is 0 Å². The van der Waals surface area contributed by atoms with Gasteiger partial charge >= 0.3 is 0 Å². The highest BCUT2D eigenvalue weighted by Gasteiger charge is 2.21. The summed E-state index contributed by atoms with van der Waals surface area (Å²) in [5.74, 6) is 0.686. The van der Waals surface area contributed by atoms with Gasteiger partial charge in [-0.1, -0.05) is 42.5 Å². The number of allylic oxidation sites excluding steroid dienone is 6. The molecular weight excluding hydrogens is 342 g/mol. The van der Waals surface area contributed by atoms with E-state index in [1.807, 2.05) is 0 Å². The third-order valence-corrected chi connectivity index (χ3v) is 6.21. The van der Waals surface area contributed by atoms with Crippen molar-refractivity contribution in [3.63, 3.8) is 0 Å². The van der Waals surface area contributed by atoms with Gasteiger partial charge in [0.25, 0.3) is 0 Å². The predicted molar refractivity (Wildman–Crippen MR) is 119 cm³/mol. The molecule has 1 unspecified atom stereocenters. The molecule has 0 aromatic carbocycles. The summed E-state index contributed by atoms with van der Waals surface area (Å²) in [6, 6.07) is 0. The molecule has 0 saturated carbocycles. The van der Waals surface area contributed by atoms with Gasteiger partial charge < -0.3 is 15.2 Å². The molecule has 3 aliphatic rings. The van der Waals surface area contributed by atoms with Crippen molar-refractivity contribution in [2.24, 2.45) is 0 Å². The Morgan fingerprint density at radius 1 is 1.11 bits per heavy atom. The van der Waals surface area contributed by atoms with Crippen LogP contribution in [0.1, 0.15) is 55.3 Å². The van der Waals surface area contributed by atoms with Gasteiger partial charge in [-0.05, 0) is 74.4 Å². The summed E-state index contributed by atoms with van der Waals surface area (Å²) in [7, 11) is 0. The van der Waals surface area contributed by atoms with Crippen LogP contribution in [0.3, 0.4) is 0 Å². The van der Waals surface area contributed by atoms with Gasteiger partial charge in [-0.25, -0.2) is 0 Å². The van der Waals surface area contributed by atoms with Crippen LogP contribution in [0.25, 0.3) is 6.08 Å². The summed E-state index contributed by atoms with van der Waals surface area (Å²) in [5.41, 5.74) is 7.16. The van der Waals surface area contributed by atoms with E-state index in [0.29, 0.717) is 5.92 Å². The second-order valence-electron chi connectivity index (χ2n) is 8.04. The number of nitrogens with one attached hydrogen (secondary N) is 2. The maximum atomic E-state index is 3.58. The fourth-order valence-electron chi connectivity index (χ4n) is 4.57. The molecule has 0 amide bonds. The van der Waals surface area contributed by atoms with E-state index in [2.05, 4.69) is 76.9 Å². The summed E-state index contributed by atoms with van der Waals surface area (Å²) >= 11 is 0. The minimum atomic E-state index is 0.686. The lowest BCUT2D eigenvalue weighted by molar-refractivity contribution is 0.381. The van der Waals surface area contributed by atoms with Crippen molar-refractivity contribution in [3.8, 4) is 0 Å². The number of fused-ring (bicyclic) bond motifs is 1. The van der Waals surface area contributed by atoms with E-state index in [1.54, 1.807) is 0 Å². The van der Waals surface area contributed by atoms with Gasteiger partial charge in [-0.3, -0.25) is 0 Å². The molecule has 148 valence electrons. The molecule has 0 spiro atoms. The number of hydrogen-bond donors (Lipinski definition) is 2. The largest absolute Gasteiger partial charge is 0.368 e. The first kappa shape index (κ1) is 19.1. The van der Waals surface area contributed by atoms with Crippen LogP contribution in [-0.4, -0.2) is 36.1 Å². The lowest BCUT2D eigenvalue weighted by Crippen LogP contribution is -2.27. The predicted octanol–water partition coefficient (Wildman–Crippen LogP) is 5.09. The van der Waals surface area contributed by atoms with E-state index < -0.39 is 0 Å². The number of hydrogen-bond acceptors (Lipinski definition) is 2. The molecule has 4 rings (SSSR count). The Morgan fingerprint density at radius 3 is 2.93 bits per heavy atom. The standard InChI is InChI=1S/C25H33N3/c1-2-3-4-6-20-13-17-28(18-14-20)22-8-10-23-24(19-27-25(23)11-9-22)21-7-5-15-26-16-12-21/h2-4,6,8-10,13,19,21,26-27H,5,7,11-12,14-18H2,1H3/b3-2-,6-4-. The summed E-state index contributed by atoms with van der Waals surface area (Å²) in [5, 5.41) is 3.54. The first-order chi connectivity index (χ1) is 13.8.